The number of halogens is 4. The van der Waals surface area contributed by atoms with Crippen LogP contribution in [0.15, 0.2) is 32.5 Å². The molecule has 6 heteroatoms. The zero-order valence-corrected chi connectivity index (χ0v) is 15.5. The second-order valence-corrected chi connectivity index (χ2v) is 7.99. The van der Waals surface area contributed by atoms with E-state index in [1.54, 1.807) is 17.4 Å². The maximum absolute atomic E-state index is 13.2. The Balaban J connectivity index is 2.41. The molecule has 1 aromatic carbocycles. The van der Waals surface area contributed by atoms with Gasteiger partial charge in [-0.15, -0.1) is 11.3 Å². The van der Waals surface area contributed by atoms with E-state index in [4.69, 9.17) is 11.6 Å². The van der Waals surface area contributed by atoms with Crippen LogP contribution >= 0.6 is 54.8 Å². The topological polar surface area (TPSA) is 12.0 Å². The number of thiophene rings is 1. The van der Waals surface area contributed by atoms with E-state index in [1.807, 2.05) is 0 Å². The van der Waals surface area contributed by atoms with Crippen LogP contribution < -0.4 is 5.32 Å². The molecule has 1 N–H and O–H groups in total. The second-order valence-electron chi connectivity index (χ2n) is 4.32. The van der Waals surface area contributed by atoms with Gasteiger partial charge in [-0.25, -0.2) is 4.39 Å². The lowest BCUT2D eigenvalue weighted by atomic mass is 10.0. The first-order valence-corrected chi connectivity index (χ1v) is 8.94. The molecular formula is C14H13Br2ClFNS. The van der Waals surface area contributed by atoms with Gasteiger partial charge in [-0.2, -0.15) is 0 Å². The summed E-state index contributed by atoms with van der Waals surface area (Å²) < 4.78 is 15.3. The summed E-state index contributed by atoms with van der Waals surface area (Å²) in [5.74, 6) is -0.318. The van der Waals surface area contributed by atoms with Crippen LogP contribution in [0.2, 0.25) is 5.02 Å². The third kappa shape index (κ3) is 3.83. The van der Waals surface area contributed by atoms with Crippen LogP contribution in [-0.2, 0) is 0 Å². The number of benzene rings is 1. The quantitative estimate of drug-likeness (QED) is 0.586. The number of nitrogens with one attached hydrogen (secondary N) is 1. The highest BCUT2D eigenvalue weighted by Gasteiger charge is 2.20. The first-order chi connectivity index (χ1) is 9.52. The molecule has 0 fully saturated rings. The van der Waals surface area contributed by atoms with Crippen molar-refractivity contribution in [1.29, 1.82) is 0 Å². The minimum atomic E-state index is -0.318. The van der Waals surface area contributed by atoms with Crippen LogP contribution in [-0.4, -0.2) is 6.54 Å². The second kappa shape index (κ2) is 7.36. The molecule has 108 valence electrons. The van der Waals surface area contributed by atoms with Gasteiger partial charge >= 0.3 is 0 Å². The highest BCUT2D eigenvalue weighted by atomic mass is 79.9. The first kappa shape index (κ1) is 16.4. The Hall–Kier alpha value is 0.0600. The van der Waals surface area contributed by atoms with Gasteiger partial charge in [0.2, 0.25) is 0 Å². The third-order valence-corrected chi connectivity index (χ3v) is 6.47. The van der Waals surface area contributed by atoms with Gasteiger partial charge in [0.25, 0.3) is 0 Å². The van der Waals surface area contributed by atoms with Gasteiger partial charge in [0.15, 0.2) is 0 Å². The summed E-state index contributed by atoms with van der Waals surface area (Å²) >= 11 is 14.8. The van der Waals surface area contributed by atoms with E-state index < -0.39 is 0 Å². The van der Waals surface area contributed by atoms with Gasteiger partial charge in [0.1, 0.15) is 5.82 Å². The van der Waals surface area contributed by atoms with Crippen molar-refractivity contribution in [3.63, 3.8) is 0 Å². The normalized spacial score (nSPS) is 12.7. The van der Waals surface area contributed by atoms with Crippen molar-refractivity contribution in [2.24, 2.45) is 0 Å². The molecule has 1 aromatic heterocycles. The van der Waals surface area contributed by atoms with Gasteiger partial charge in [-0.3, -0.25) is 0 Å². The maximum Gasteiger partial charge on any atom is 0.124 e. The summed E-state index contributed by atoms with van der Waals surface area (Å²) in [7, 11) is 0. The van der Waals surface area contributed by atoms with Crippen molar-refractivity contribution in [3.05, 3.63) is 53.8 Å². The van der Waals surface area contributed by atoms with Crippen LogP contribution in [0.5, 0.6) is 0 Å². The smallest absolute Gasteiger partial charge is 0.124 e. The number of hydrogen-bond donors (Lipinski definition) is 1. The lowest BCUT2D eigenvalue weighted by molar-refractivity contribution is 0.599. The van der Waals surface area contributed by atoms with E-state index in [0.29, 0.717) is 5.02 Å². The van der Waals surface area contributed by atoms with E-state index in [1.165, 1.54) is 12.1 Å². The highest BCUT2D eigenvalue weighted by Crippen LogP contribution is 2.39. The summed E-state index contributed by atoms with van der Waals surface area (Å²) in [6.45, 7) is 2.97. The molecule has 20 heavy (non-hydrogen) atoms. The Morgan fingerprint density at radius 1 is 1.35 bits per heavy atom. The molecule has 0 aliphatic heterocycles. The molecule has 0 aliphatic carbocycles. The zero-order chi connectivity index (χ0) is 14.7. The zero-order valence-electron chi connectivity index (χ0n) is 10.7. The first-order valence-electron chi connectivity index (χ1n) is 6.16. The fourth-order valence-electron chi connectivity index (χ4n) is 1.89. The number of rotatable bonds is 5. The van der Waals surface area contributed by atoms with E-state index in [0.717, 1.165) is 31.7 Å². The maximum atomic E-state index is 13.2. The lowest BCUT2D eigenvalue weighted by Gasteiger charge is -2.19. The third-order valence-electron chi connectivity index (χ3n) is 2.82. The Morgan fingerprint density at radius 2 is 2.10 bits per heavy atom. The van der Waals surface area contributed by atoms with Crippen molar-refractivity contribution < 1.29 is 4.39 Å². The van der Waals surface area contributed by atoms with Crippen molar-refractivity contribution in [2.45, 2.75) is 19.4 Å². The Morgan fingerprint density at radius 3 is 2.65 bits per heavy atom. The molecule has 0 amide bonds. The lowest BCUT2D eigenvalue weighted by Crippen LogP contribution is -2.22. The monoisotopic (exact) mass is 439 g/mol. The Bertz CT molecular complexity index is 583. The largest absolute Gasteiger partial charge is 0.306 e. The minimum Gasteiger partial charge on any atom is -0.306 e. The van der Waals surface area contributed by atoms with Crippen molar-refractivity contribution in [1.82, 2.24) is 5.32 Å². The average Bonchev–Trinajstić information content (AvgIpc) is 2.72. The standard InChI is InChI=1S/C14H13Br2ClFNS/c1-2-5-19-13(12-7-10(15)14(16)20-12)9-4-3-8(18)6-11(9)17/h3-4,6-7,13,19H,2,5H2,1H3. The average molecular weight is 442 g/mol. The van der Waals surface area contributed by atoms with Gasteiger partial charge < -0.3 is 5.32 Å². The molecule has 1 unspecified atom stereocenters. The van der Waals surface area contributed by atoms with E-state index in [2.05, 4.69) is 50.2 Å². The summed E-state index contributed by atoms with van der Waals surface area (Å²) in [6.07, 6.45) is 1.02. The van der Waals surface area contributed by atoms with E-state index in [9.17, 15) is 4.39 Å². The molecule has 1 heterocycles. The van der Waals surface area contributed by atoms with Crippen LogP contribution in [0.1, 0.15) is 29.8 Å². The molecule has 0 radical (unpaired) electrons. The minimum absolute atomic E-state index is 0.0318. The van der Waals surface area contributed by atoms with Gasteiger partial charge in [-0.1, -0.05) is 24.6 Å². The highest BCUT2D eigenvalue weighted by molar-refractivity contribution is 9.13. The van der Waals surface area contributed by atoms with Crippen LogP contribution in [0.3, 0.4) is 0 Å². The van der Waals surface area contributed by atoms with Crippen LogP contribution in [0.25, 0.3) is 0 Å². The molecule has 1 atom stereocenters. The summed E-state index contributed by atoms with van der Waals surface area (Å²) in [6, 6.07) is 6.57. The van der Waals surface area contributed by atoms with Crippen molar-refractivity contribution in [2.75, 3.05) is 6.54 Å². The Labute approximate surface area is 143 Å². The van der Waals surface area contributed by atoms with Crippen molar-refractivity contribution >= 4 is 54.8 Å². The van der Waals surface area contributed by atoms with E-state index in [-0.39, 0.29) is 11.9 Å². The molecular weight excluding hydrogens is 428 g/mol. The van der Waals surface area contributed by atoms with Gasteiger partial charge in [0, 0.05) is 14.4 Å². The molecule has 0 bridgehead atoms. The molecule has 0 aliphatic rings. The fraction of sp³-hybridized carbons (Fsp3) is 0.286. The molecule has 0 saturated carbocycles. The predicted molar refractivity (Wildman–Crippen MR) is 91.3 cm³/mol. The van der Waals surface area contributed by atoms with Crippen LogP contribution in [0.4, 0.5) is 4.39 Å². The predicted octanol–water partition coefficient (Wildman–Crippen LogP) is 6.15. The Kier molecular flexibility index (Phi) is 6.05. The molecule has 2 aromatic rings. The van der Waals surface area contributed by atoms with Gasteiger partial charge in [-0.05, 0) is 68.6 Å². The fourth-order valence-corrected chi connectivity index (χ4v) is 4.35. The summed E-state index contributed by atoms with van der Waals surface area (Å²) in [5.41, 5.74) is 0.891. The van der Waals surface area contributed by atoms with Crippen LogP contribution in [0, 0.1) is 5.82 Å². The summed E-state index contributed by atoms with van der Waals surface area (Å²) in [5, 5.41) is 3.91. The summed E-state index contributed by atoms with van der Waals surface area (Å²) in [4.78, 5) is 1.13. The van der Waals surface area contributed by atoms with E-state index >= 15 is 0 Å². The molecule has 0 saturated heterocycles. The molecule has 2 rings (SSSR count). The van der Waals surface area contributed by atoms with Crippen molar-refractivity contribution in [3.8, 4) is 0 Å². The molecule has 0 spiro atoms. The van der Waals surface area contributed by atoms with Gasteiger partial charge in [0.05, 0.1) is 9.83 Å². The SMILES string of the molecule is CCCNC(c1cc(Br)c(Br)s1)c1ccc(F)cc1Cl. The number of hydrogen-bond acceptors (Lipinski definition) is 2. The molecule has 1 nitrogen and oxygen atoms in total.